The number of anilines is 2. The van der Waals surface area contributed by atoms with Crippen molar-refractivity contribution >= 4 is 29.2 Å². The topological polar surface area (TPSA) is 87.7 Å². The highest BCUT2D eigenvalue weighted by Crippen LogP contribution is 2.31. The Hall–Kier alpha value is -3.35. The lowest BCUT2D eigenvalue weighted by Gasteiger charge is -2.29. The molecule has 0 aliphatic carbocycles. The summed E-state index contributed by atoms with van der Waals surface area (Å²) in [4.78, 5) is 38.2. The molecule has 2 amide bonds. The molecule has 0 aromatic heterocycles. The third kappa shape index (κ3) is 5.17. The van der Waals surface area contributed by atoms with Crippen LogP contribution in [0.5, 0.6) is 0 Å². The van der Waals surface area contributed by atoms with Crippen LogP contribution in [-0.2, 0) is 20.7 Å². The SMILES string of the molecule is CCN(CCOC(=O)[C@H](C)NC(=O)c1ccccc1)c1cccc2c1CCC(=O)N2. The second-order valence-electron chi connectivity index (χ2n) is 7.16. The van der Waals surface area contributed by atoms with E-state index in [0.29, 0.717) is 24.9 Å². The quantitative estimate of drug-likeness (QED) is 0.655. The fourth-order valence-electron chi connectivity index (χ4n) is 3.46. The van der Waals surface area contributed by atoms with E-state index in [0.717, 1.165) is 23.5 Å². The molecule has 158 valence electrons. The Labute approximate surface area is 176 Å². The molecule has 3 rings (SSSR count). The van der Waals surface area contributed by atoms with Crippen molar-refractivity contribution in [3.8, 4) is 0 Å². The second-order valence-corrected chi connectivity index (χ2v) is 7.16. The maximum Gasteiger partial charge on any atom is 0.328 e. The molecule has 0 fully saturated rings. The summed E-state index contributed by atoms with van der Waals surface area (Å²) in [6.07, 6.45) is 1.16. The molecule has 2 aromatic carbocycles. The predicted molar refractivity (Wildman–Crippen MR) is 116 cm³/mol. The van der Waals surface area contributed by atoms with Crippen molar-refractivity contribution in [2.24, 2.45) is 0 Å². The first kappa shape index (κ1) is 21.4. The summed E-state index contributed by atoms with van der Waals surface area (Å²) in [7, 11) is 0. The number of hydrogen-bond donors (Lipinski definition) is 2. The van der Waals surface area contributed by atoms with Gasteiger partial charge >= 0.3 is 5.97 Å². The second kappa shape index (κ2) is 9.91. The zero-order valence-electron chi connectivity index (χ0n) is 17.3. The Morgan fingerprint density at radius 3 is 2.63 bits per heavy atom. The number of ether oxygens (including phenoxy) is 1. The van der Waals surface area contributed by atoms with Crippen LogP contribution in [0.4, 0.5) is 11.4 Å². The molecule has 1 heterocycles. The Bertz CT molecular complexity index is 914. The van der Waals surface area contributed by atoms with Gasteiger partial charge in [0.15, 0.2) is 0 Å². The fourth-order valence-corrected chi connectivity index (χ4v) is 3.46. The number of fused-ring (bicyclic) bond motifs is 1. The maximum absolute atomic E-state index is 12.3. The van der Waals surface area contributed by atoms with E-state index in [1.165, 1.54) is 0 Å². The van der Waals surface area contributed by atoms with Gasteiger partial charge in [0.1, 0.15) is 12.6 Å². The minimum atomic E-state index is -0.743. The van der Waals surface area contributed by atoms with Crippen LogP contribution in [-0.4, -0.2) is 43.5 Å². The van der Waals surface area contributed by atoms with Crippen molar-refractivity contribution in [1.82, 2.24) is 5.32 Å². The van der Waals surface area contributed by atoms with Crippen LogP contribution in [0.1, 0.15) is 36.2 Å². The molecule has 0 unspecified atom stereocenters. The zero-order valence-corrected chi connectivity index (χ0v) is 17.3. The largest absolute Gasteiger partial charge is 0.462 e. The normalized spacial score (nSPS) is 13.6. The minimum absolute atomic E-state index is 0.0307. The fraction of sp³-hybridized carbons (Fsp3) is 0.348. The van der Waals surface area contributed by atoms with Crippen LogP contribution in [0.2, 0.25) is 0 Å². The van der Waals surface area contributed by atoms with Crippen molar-refractivity contribution in [3.63, 3.8) is 0 Å². The van der Waals surface area contributed by atoms with Gasteiger partial charge in [-0.1, -0.05) is 24.3 Å². The molecule has 2 N–H and O–H groups in total. The van der Waals surface area contributed by atoms with E-state index in [2.05, 4.69) is 15.5 Å². The van der Waals surface area contributed by atoms with Crippen molar-refractivity contribution in [1.29, 1.82) is 0 Å². The van der Waals surface area contributed by atoms with Gasteiger partial charge in [0, 0.05) is 29.9 Å². The van der Waals surface area contributed by atoms with Gasteiger partial charge < -0.3 is 20.3 Å². The number of nitrogens with zero attached hydrogens (tertiary/aromatic N) is 1. The first-order valence-electron chi connectivity index (χ1n) is 10.2. The van der Waals surface area contributed by atoms with E-state index < -0.39 is 12.0 Å². The summed E-state index contributed by atoms with van der Waals surface area (Å²) in [5.41, 5.74) is 3.48. The Morgan fingerprint density at radius 2 is 1.90 bits per heavy atom. The molecule has 1 aliphatic heterocycles. The van der Waals surface area contributed by atoms with E-state index in [1.54, 1.807) is 31.2 Å². The zero-order chi connectivity index (χ0) is 21.5. The number of benzene rings is 2. The van der Waals surface area contributed by atoms with Gasteiger partial charge in [-0.05, 0) is 50.1 Å². The average Bonchev–Trinajstić information content (AvgIpc) is 2.76. The van der Waals surface area contributed by atoms with E-state index >= 15 is 0 Å². The van der Waals surface area contributed by atoms with Crippen LogP contribution in [0, 0.1) is 0 Å². The average molecular weight is 409 g/mol. The minimum Gasteiger partial charge on any atom is -0.462 e. The van der Waals surface area contributed by atoms with Gasteiger partial charge in [0.2, 0.25) is 5.91 Å². The molecule has 30 heavy (non-hydrogen) atoms. The van der Waals surface area contributed by atoms with Gasteiger partial charge in [-0.2, -0.15) is 0 Å². The third-order valence-corrected chi connectivity index (χ3v) is 5.09. The maximum atomic E-state index is 12.3. The molecule has 2 aromatic rings. The third-order valence-electron chi connectivity index (χ3n) is 5.09. The van der Waals surface area contributed by atoms with E-state index in [9.17, 15) is 14.4 Å². The Morgan fingerprint density at radius 1 is 1.13 bits per heavy atom. The van der Waals surface area contributed by atoms with Crippen molar-refractivity contribution in [3.05, 3.63) is 59.7 Å². The summed E-state index contributed by atoms with van der Waals surface area (Å²) < 4.78 is 5.39. The standard InChI is InChI=1S/C23H27N3O4/c1-3-26(20-11-7-10-19-18(20)12-13-21(27)25-19)14-15-30-23(29)16(2)24-22(28)17-8-5-4-6-9-17/h4-11,16H,3,12-15H2,1-2H3,(H,24,28)(H,25,27)/t16-/m0/s1. The highest BCUT2D eigenvalue weighted by atomic mass is 16.5. The van der Waals surface area contributed by atoms with Gasteiger partial charge in [-0.15, -0.1) is 0 Å². The number of nitrogens with one attached hydrogen (secondary N) is 2. The highest BCUT2D eigenvalue weighted by molar-refractivity contribution is 5.96. The van der Waals surface area contributed by atoms with Crippen LogP contribution in [0.3, 0.4) is 0 Å². The van der Waals surface area contributed by atoms with E-state index in [1.807, 2.05) is 31.2 Å². The molecule has 1 aliphatic rings. The Kier molecular flexibility index (Phi) is 7.06. The lowest BCUT2D eigenvalue weighted by Crippen LogP contribution is -2.40. The van der Waals surface area contributed by atoms with Gasteiger partial charge in [-0.3, -0.25) is 9.59 Å². The molecule has 0 saturated carbocycles. The number of amides is 2. The summed E-state index contributed by atoms with van der Waals surface area (Å²) in [5.74, 6) is -0.756. The summed E-state index contributed by atoms with van der Waals surface area (Å²) in [6.45, 7) is 5.10. The number of hydrogen-bond acceptors (Lipinski definition) is 5. The van der Waals surface area contributed by atoms with Crippen LogP contribution < -0.4 is 15.5 Å². The number of rotatable bonds is 8. The molecular formula is C23H27N3O4. The number of likely N-dealkylation sites (N-methyl/N-ethyl adjacent to an activating group) is 1. The van der Waals surface area contributed by atoms with Gasteiger partial charge in [-0.25, -0.2) is 4.79 Å². The molecule has 0 bridgehead atoms. The van der Waals surface area contributed by atoms with Gasteiger partial charge in [0.05, 0.1) is 6.54 Å². The van der Waals surface area contributed by atoms with Crippen LogP contribution in [0.15, 0.2) is 48.5 Å². The first-order valence-corrected chi connectivity index (χ1v) is 10.2. The lowest BCUT2D eigenvalue weighted by atomic mass is 10.00. The first-order chi connectivity index (χ1) is 14.5. The monoisotopic (exact) mass is 409 g/mol. The van der Waals surface area contributed by atoms with E-state index in [-0.39, 0.29) is 18.4 Å². The predicted octanol–water partition coefficient (Wildman–Crippen LogP) is 2.76. The van der Waals surface area contributed by atoms with Crippen molar-refractivity contribution in [2.45, 2.75) is 32.7 Å². The van der Waals surface area contributed by atoms with Gasteiger partial charge in [0.25, 0.3) is 5.91 Å². The van der Waals surface area contributed by atoms with Crippen LogP contribution >= 0.6 is 0 Å². The van der Waals surface area contributed by atoms with Crippen molar-refractivity contribution < 1.29 is 19.1 Å². The lowest BCUT2D eigenvalue weighted by molar-refractivity contribution is -0.145. The number of carbonyl (C=O) groups excluding carboxylic acids is 3. The van der Waals surface area contributed by atoms with Crippen LogP contribution in [0.25, 0.3) is 0 Å². The summed E-state index contributed by atoms with van der Waals surface area (Å²) in [5, 5.41) is 5.57. The van der Waals surface area contributed by atoms with E-state index in [4.69, 9.17) is 4.74 Å². The molecule has 0 spiro atoms. The molecular weight excluding hydrogens is 382 g/mol. The Balaban J connectivity index is 1.53. The molecule has 7 heteroatoms. The van der Waals surface area contributed by atoms with Crippen molar-refractivity contribution in [2.75, 3.05) is 29.9 Å². The summed E-state index contributed by atoms with van der Waals surface area (Å²) in [6, 6.07) is 13.8. The molecule has 0 radical (unpaired) electrons. The molecule has 0 saturated heterocycles. The smallest absolute Gasteiger partial charge is 0.328 e. The number of esters is 1. The highest BCUT2D eigenvalue weighted by Gasteiger charge is 2.21. The molecule has 7 nitrogen and oxygen atoms in total. The molecule has 1 atom stereocenters. The number of carbonyl (C=O) groups is 3. The summed E-state index contributed by atoms with van der Waals surface area (Å²) >= 11 is 0.